The van der Waals surface area contributed by atoms with E-state index in [4.69, 9.17) is 5.11 Å². The largest absolute Gasteiger partial charge is 0.415 e. The van der Waals surface area contributed by atoms with Crippen LogP contribution in [0.5, 0.6) is 0 Å². The molecule has 0 bridgehead atoms. The van der Waals surface area contributed by atoms with Crippen molar-refractivity contribution in [2.75, 3.05) is 27.2 Å². The molecule has 1 aliphatic rings. The van der Waals surface area contributed by atoms with Gasteiger partial charge in [-0.3, -0.25) is 9.69 Å². The summed E-state index contributed by atoms with van der Waals surface area (Å²) in [6.07, 6.45) is -4.33. The van der Waals surface area contributed by atoms with E-state index >= 15 is 0 Å². The van der Waals surface area contributed by atoms with Gasteiger partial charge < -0.3 is 10.0 Å². The molecule has 0 saturated carbocycles. The van der Waals surface area contributed by atoms with E-state index < -0.39 is 18.8 Å². The summed E-state index contributed by atoms with van der Waals surface area (Å²) < 4.78 is 37.2. The minimum absolute atomic E-state index is 0.0524. The van der Waals surface area contributed by atoms with Crippen LogP contribution in [0.1, 0.15) is 30.0 Å². The zero-order valence-corrected chi connectivity index (χ0v) is 13.9. The van der Waals surface area contributed by atoms with Crippen LogP contribution in [0.4, 0.5) is 13.2 Å². The third kappa shape index (κ3) is 4.48. The number of benzene rings is 1. The Kier molecular flexibility index (Phi) is 5.87. The minimum atomic E-state index is -4.68. The third-order valence-electron chi connectivity index (χ3n) is 4.47. The molecule has 2 unspecified atom stereocenters. The fourth-order valence-electron chi connectivity index (χ4n) is 3.11. The van der Waals surface area contributed by atoms with E-state index in [1.54, 1.807) is 11.9 Å². The summed E-state index contributed by atoms with van der Waals surface area (Å²) in [6.45, 7) is -0.785. The fraction of sp³-hybridized carbons (Fsp3) is 0.588. The quantitative estimate of drug-likeness (QED) is 0.892. The van der Waals surface area contributed by atoms with Crippen molar-refractivity contribution in [1.29, 1.82) is 0 Å². The molecule has 0 spiro atoms. The summed E-state index contributed by atoms with van der Waals surface area (Å²) in [5.41, 5.74) is 2.33. The summed E-state index contributed by atoms with van der Waals surface area (Å²) in [5.74, 6) is -0.256. The van der Waals surface area contributed by atoms with Gasteiger partial charge in [0.2, 0.25) is 5.91 Å². The standard InChI is InChI=1S/C17H23F3N2O2/c1-21(10-15(23)17(18,19)20)11-16(24)22(2)14-9-5-7-12-6-3-4-8-13(12)14/h3-4,6,8,14-15,23H,5,7,9-11H2,1-2H3. The number of rotatable bonds is 5. The van der Waals surface area contributed by atoms with Gasteiger partial charge in [-0.2, -0.15) is 13.2 Å². The van der Waals surface area contributed by atoms with Gasteiger partial charge in [0.1, 0.15) is 0 Å². The highest BCUT2D eigenvalue weighted by Gasteiger charge is 2.39. The maximum Gasteiger partial charge on any atom is 0.415 e. The Labute approximate surface area is 139 Å². The summed E-state index contributed by atoms with van der Waals surface area (Å²) in [6, 6.07) is 7.89. The Morgan fingerprint density at radius 1 is 1.33 bits per heavy atom. The first-order chi connectivity index (χ1) is 11.2. The molecule has 4 nitrogen and oxygen atoms in total. The van der Waals surface area contributed by atoms with Crippen molar-refractivity contribution >= 4 is 5.91 Å². The van der Waals surface area contributed by atoms with Crippen LogP contribution in [0, 0.1) is 0 Å². The minimum Gasteiger partial charge on any atom is -0.382 e. The van der Waals surface area contributed by atoms with Crippen molar-refractivity contribution in [3.8, 4) is 0 Å². The van der Waals surface area contributed by atoms with E-state index in [2.05, 4.69) is 0 Å². The van der Waals surface area contributed by atoms with Crippen LogP contribution in [0.25, 0.3) is 0 Å². The number of amides is 1. The van der Waals surface area contributed by atoms with Gasteiger partial charge in [0, 0.05) is 13.6 Å². The summed E-state index contributed by atoms with van der Waals surface area (Å²) in [7, 11) is 3.08. The molecule has 0 aromatic heterocycles. The molecule has 1 aliphatic carbocycles. The average molecular weight is 344 g/mol. The number of aliphatic hydroxyl groups excluding tert-OH is 1. The van der Waals surface area contributed by atoms with Crippen molar-refractivity contribution in [2.45, 2.75) is 37.6 Å². The summed E-state index contributed by atoms with van der Waals surface area (Å²) in [5, 5.41) is 9.09. The molecule has 0 aliphatic heterocycles. The van der Waals surface area contributed by atoms with Crippen molar-refractivity contribution in [1.82, 2.24) is 9.80 Å². The lowest BCUT2D eigenvalue weighted by atomic mass is 9.87. The molecule has 2 rings (SSSR count). The highest BCUT2D eigenvalue weighted by molar-refractivity contribution is 5.78. The maximum absolute atomic E-state index is 12.4. The Bertz CT molecular complexity index is 577. The molecule has 1 amide bonds. The number of nitrogens with zero attached hydrogens (tertiary/aromatic N) is 2. The molecule has 134 valence electrons. The van der Waals surface area contributed by atoms with E-state index in [9.17, 15) is 18.0 Å². The molecular formula is C17H23F3N2O2. The molecule has 0 radical (unpaired) electrons. The predicted octanol–water partition coefficient (Wildman–Crippen LogP) is 2.38. The smallest absolute Gasteiger partial charge is 0.382 e. The number of alkyl halides is 3. The van der Waals surface area contributed by atoms with Crippen molar-refractivity contribution < 1.29 is 23.1 Å². The van der Waals surface area contributed by atoms with E-state index in [0.717, 1.165) is 24.8 Å². The normalized spacial score (nSPS) is 19.0. The van der Waals surface area contributed by atoms with Crippen molar-refractivity contribution in [2.24, 2.45) is 0 Å². The molecule has 1 N–H and O–H groups in total. The number of aryl methyl sites for hydroxylation is 1. The van der Waals surface area contributed by atoms with E-state index in [-0.39, 0.29) is 18.5 Å². The van der Waals surface area contributed by atoms with Crippen LogP contribution in [-0.4, -0.2) is 60.3 Å². The molecule has 0 saturated heterocycles. The number of halogens is 3. The number of hydrogen-bond acceptors (Lipinski definition) is 3. The summed E-state index contributed by atoms with van der Waals surface area (Å²) in [4.78, 5) is 15.2. The van der Waals surface area contributed by atoms with Crippen LogP contribution in [-0.2, 0) is 11.2 Å². The number of carbonyl (C=O) groups excluding carboxylic acids is 1. The van der Waals surface area contributed by atoms with Crippen LogP contribution in [0.15, 0.2) is 24.3 Å². The van der Waals surface area contributed by atoms with Gasteiger partial charge >= 0.3 is 6.18 Å². The lowest BCUT2D eigenvalue weighted by Gasteiger charge is -2.34. The molecule has 0 fully saturated rings. The fourth-order valence-corrected chi connectivity index (χ4v) is 3.11. The Morgan fingerprint density at radius 3 is 2.67 bits per heavy atom. The van der Waals surface area contributed by atoms with Crippen LogP contribution < -0.4 is 0 Å². The first kappa shape index (κ1) is 18.7. The van der Waals surface area contributed by atoms with Crippen LogP contribution in [0.3, 0.4) is 0 Å². The van der Waals surface area contributed by atoms with Gasteiger partial charge in [0.05, 0.1) is 12.6 Å². The topological polar surface area (TPSA) is 43.8 Å². The number of hydrogen-bond donors (Lipinski definition) is 1. The Hall–Kier alpha value is -1.60. The van der Waals surface area contributed by atoms with E-state index in [1.165, 1.54) is 17.5 Å². The van der Waals surface area contributed by atoms with E-state index in [1.807, 2.05) is 24.3 Å². The number of likely N-dealkylation sites (N-methyl/N-ethyl adjacent to an activating group) is 2. The Morgan fingerprint density at radius 2 is 2.00 bits per heavy atom. The van der Waals surface area contributed by atoms with Gasteiger partial charge in [0.15, 0.2) is 6.10 Å². The molecule has 24 heavy (non-hydrogen) atoms. The second-order valence-electron chi connectivity index (χ2n) is 6.37. The molecule has 1 aromatic rings. The second-order valence-corrected chi connectivity index (χ2v) is 6.37. The zero-order chi connectivity index (χ0) is 17.9. The molecule has 7 heteroatoms. The highest BCUT2D eigenvalue weighted by atomic mass is 19.4. The highest BCUT2D eigenvalue weighted by Crippen LogP contribution is 2.33. The monoisotopic (exact) mass is 344 g/mol. The number of fused-ring (bicyclic) bond motifs is 1. The van der Waals surface area contributed by atoms with E-state index in [0.29, 0.717) is 0 Å². The van der Waals surface area contributed by atoms with Gasteiger partial charge in [-0.15, -0.1) is 0 Å². The SMILES string of the molecule is CN(CC(=O)N(C)C1CCCc2ccccc21)CC(O)C(F)(F)F. The lowest BCUT2D eigenvalue weighted by Crippen LogP contribution is -2.44. The van der Waals surface area contributed by atoms with Crippen LogP contribution >= 0.6 is 0 Å². The predicted molar refractivity (Wildman–Crippen MR) is 84.4 cm³/mol. The average Bonchev–Trinajstić information content (AvgIpc) is 2.52. The first-order valence-electron chi connectivity index (χ1n) is 7.97. The van der Waals surface area contributed by atoms with Gasteiger partial charge in [-0.25, -0.2) is 0 Å². The van der Waals surface area contributed by atoms with Gasteiger partial charge in [-0.1, -0.05) is 24.3 Å². The molecule has 1 aromatic carbocycles. The first-order valence-corrected chi connectivity index (χ1v) is 7.97. The van der Waals surface area contributed by atoms with Crippen molar-refractivity contribution in [3.05, 3.63) is 35.4 Å². The number of carbonyl (C=O) groups is 1. The molecule has 2 atom stereocenters. The molecule has 0 heterocycles. The number of aliphatic hydroxyl groups is 1. The Balaban J connectivity index is 1.98. The maximum atomic E-state index is 12.4. The lowest BCUT2D eigenvalue weighted by molar-refractivity contribution is -0.207. The third-order valence-corrected chi connectivity index (χ3v) is 4.47. The summed E-state index contributed by atoms with van der Waals surface area (Å²) >= 11 is 0. The van der Waals surface area contributed by atoms with Crippen LogP contribution in [0.2, 0.25) is 0 Å². The van der Waals surface area contributed by atoms with Gasteiger partial charge in [-0.05, 0) is 37.4 Å². The van der Waals surface area contributed by atoms with Gasteiger partial charge in [0.25, 0.3) is 0 Å². The van der Waals surface area contributed by atoms with Crippen molar-refractivity contribution in [3.63, 3.8) is 0 Å². The molecular weight excluding hydrogens is 321 g/mol. The zero-order valence-electron chi connectivity index (χ0n) is 13.9. The second kappa shape index (κ2) is 7.53.